The molecule has 5 nitrogen and oxygen atoms in total. The number of hydrogen-bond donors (Lipinski definition) is 1. The van der Waals surface area contributed by atoms with E-state index < -0.39 is 0 Å². The van der Waals surface area contributed by atoms with Crippen LogP contribution in [-0.4, -0.2) is 22.4 Å². The number of aryl methyl sites for hydroxylation is 1. The SMILES string of the molecule is CCc1ccc(C(=O)CSc2nc(CC(=O)NCc3ccco3)cs2)cc1. The van der Waals surface area contributed by atoms with Crippen molar-refractivity contribution in [2.75, 3.05) is 5.75 Å². The van der Waals surface area contributed by atoms with Crippen molar-refractivity contribution in [1.29, 1.82) is 0 Å². The molecule has 1 N–H and O–H groups in total. The molecule has 0 unspecified atom stereocenters. The molecular weight excluding hydrogens is 380 g/mol. The Morgan fingerprint density at radius 1 is 1.22 bits per heavy atom. The number of ketones is 1. The molecule has 0 fully saturated rings. The largest absolute Gasteiger partial charge is 0.467 e. The maximum Gasteiger partial charge on any atom is 0.226 e. The van der Waals surface area contributed by atoms with Crippen molar-refractivity contribution in [3.8, 4) is 0 Å². The van der Waals surface area contributed by atoms with Gasteiger partial charge in [-0.05, 0) is 24.1 Å². The van der Waals surface area contributed by atoms with Crippen LogP contribution in [0.1, 0.15) is 34.3 Å². The summed E-state index contributed by atoms with van der Waals surface area (Å²) in [6.07, 6.45) is 2.75. The zero-order valence-corrected chi connectivity index (χ0v) is 16.6. The van der Waals surface area contributed by atoms with Gasteiger partial charge >= 0.3 is 0 Å². The molecule has 3 aromatic rings. The average molecular weight is 401 g/mol. The van der Waals surface area contributed by atoms with E-state index in [0.717, 1.165) is 10.8 Å². The summed E-state index contributed by atoms with van der Waals surface area (Å²) in [5, 5.41) is 4.65. The third kappa shape index (κ3) is 5.80. The fourth-order valence-electron chi connectivity index (χ4n) is 2.40. The van der Waals surface area contributed by atoms with Gasteiger partial charge in [0.25, 0.3) is 0 Å². The highest BCUT2D eigenvalue weighted by molar-refractivity contribution is 8.01. The topological polar surface area (TPSA) is 72.2 Å². The Hall–Kier alpha value is -2.38. The highest BCUT2D eigenvalue weighted by atomic mass is 32.2. The molecule has 140 valence electrons. The zero-order valence-electron chi connectivity index (χ0n) is 14.9. The van der Waals surface area contributed by atoms with Crippen molar-refractivity contribution in [3.63, 3.8) is 0 Å². The minimum atomic E-state index is -0.111. The summed E-state index contributed by atoms with van der Waals surface area (Å²) < 4.78 is 5.97. The van der Waals surface area contributed by atoms with E-state index in [1.54, 1.807) is 12.3 Å². The van der Waals surface area contributed by atoms with Gasteiger partial charge in [-0.1, -0.05) is 43.0 Å². The van der Waals surface area contributed by atoms with Gasteiger partial charge < -0.3 is 9.73 Å². The second-order valence-corrected chi connectivity index (χ2v) is 7.98. The predicted molar refractivity (Wildman–Crippen MR) is 107 cm³/mol. The van der Waals surface area contributed by atoms with Gasteiger partial charge in [0.2, 0.25) is 5.91 Å². The van der Waals surface area contributed by atoms with Crippen molar-refractivity contribution in [2.45, 2.75) is 30.6 Å². The Morgan fingerprint density at radius 3 is 2.74 bits per heavy atom. The summed E-state index contributed by atoms with van der Waals surface area (Å²) in [4.78, 5) is 28.7. The van der Waals surface area contributed by atoms with Crippen LogP contribution in [0.3, 0.4) is 0 Å². The Balaban J connectivity index is 1.45. The lowest BCUT2D eigenvalue weighted by Crippen LogP contribution is -2.24. The Bertz CT molecular complexity index is 886. The summed E-state index contributed by atoms with van der Waals surface area (Å²) in [6, 6.07) is 11.3. The first-order valence-electron chi connectivity index (χ1n) is 8.62. The van der Waals surface area contributed by atoms with Gasteiger partial charge in [0.15, 0.2) is 10.1 Å². The molecular formula is C20H20N2O3S2. The smallest absolute Gasteiger partial charge is 0.226 e. The number of carbonyl (C=O) groups is 2. The summed E-state index contributed by atoms with van der Waals surface area (Å²) >= 11 is 2.86. The monoisotopic (exact) mass is 400 g/mol. The van der Waals surface area contributed by atoms with Crippen LogP contribution in [0.5, 0.6) is 0 Å². The molecule has 0 aliphatic heterocycles. The third-order valence-corrected chi connectivity index (χ3v) is 5.99. The lowest BCUT2D eigenvalue weighted by atomic mass is 10.1. The van der Waals surface area contributed by atoms with Crippen molar-refractivity contribution in [1.82, 2.24) is 10.3 Å². The normalized spacial score (nSPS) is 10.7. The highest BCUT2D eigenvalue weighted by Crippen LogP contribution is 2.24. The van der Waals surface area contributed by atoms with E-state index in [0.29, 0.717) is 29.3 Å². The standard InChI is InChI=1S/C20H20N2O3S2/c1-2-14-5-7-15(8-6-14)18(23)13-27-20-22-16(12-26-20)10-19(24)21-11-17-4-3-9-25-17/h3-9,12H,2,10-11,13H2,1H3,(H,21,24). The van der Waals surface area contributed by atoms with E-state index in [1.165, 1.54) is 28.7 Å². The van der Waals surface area contributed by atoms with Crippen LogP contribution < -0.4 is 5.32 Å². The van der Waals surface area contributed by atoms with E-state index in [-0.39, 0.29) is 18.1 Å². The van der Waals surface area contributed by atoms with Crippen LogP contribution in [0.25, 0.3) is 0 Å². The number of furan rings is 1. The molecule has 3 rings (SSSR count). The number of thiazole rings is 1. The summed E-state index contributed by atoms with van der Waals surface area (Å²) in [5.74, 6) is 1.02. The van der Waals surface area contributed by atoms with Gasteiger partial charge in [-0.3, -0.25) is 9.59 Å². The van der Waals surface area contributed by atoms with E-state index in [1.807, 2.05) is 35.7 Å². The molecule has 7 heteroatoms. The molecule has 0 aliphatic carbocycles. The summed E-state index contributed by atoms with van der Waals surface area (Å²) in [7, 11) is 0. The third-order valence-electron chi connectivity index (χ3n) is 3.92. The lowest BCUT2D eigenvalue weighted by molar-refractivity contribution is -0.120. The van der Waals surface area contributed by atoms with Crippen molar-refractivity contribution >= 4 is 34.8 Å². The van der Waals surface area contributed by atoms with Crippen LogP contribution in [0.4, 0.5) is 0 Å². The Kier molecular flexibility index (Phi) is 6.84. The molecule has 2 heterocycles. The van der Waals surface area contributed by atoms with Crippen LogP contribution >= 0.6 is 23.1 Å². The number of rotatable bonds is 9. The molecule has 1 aromatic carbocycles. The minimum absolute atomic E-state index is 0.0793. The van der Waals surface area contributed by atoms with Gasteiger partial charge in [-0.25, -0.2) is 4.98 Å². The summed E-state index contributed by atoms with van der Waals surface area (Å²) in [6.45, 7) is 2.45. The zero-order chi connectivity index (χ0) is 19.1. The van der Waals surface area contributed by atoms with Crippen LogP contribution in [0.2, 0.25) is 0 Å². The van der Waals surface area contributed by atoms with Crippen molar-refractivity contribution in [3.05, 3.63) is 70.6 Å². The average Bonchev–Trinajstić information content (AvgIpc) is 3.36. The number of benzene rings is 1. The van der Waals surface area contributed by atoms with E-state index in [4.69, 9.17) is 4.42 Å². The van der Waals surface area contributed by atoms with Gasteiger partial charge in [0, 0.05) is 10.9 Å². The lowest BCUT2D eigenvalue weighted by Gasteiger charge is -2.02. The molecule has 0 saturated carbocycles. The van der Waals surface area contributed by atoms with Gasteiger partial charge in [0.1, 0.15) is 5.76 Å². The van der Waals surface area contributed by atoms with Crippen molar-refractivity contribution in [2.24, 2.45) is 0 Å². The van der Waals surface area contributed by atoms with Gasteiger partial charge in [-0.15, -0.1) is 11.3 Å². The van der Waals surface area contributed by atoms with E-state index >= 15 is 0 Å². The van der Waals surface area contributed by atoms with Crippen LogP contribution in [0.15, 0.2) is 56.8 Å². The van der Waals surface area contributed by atoms with E-state index in [2.05, 4.69) is 17.2 Å². The summed E-state index contributed by atoms with van der Waals surface area (Å²) in [5.41, 5.74) is 2.64. The molecule has 27 heavy (non-hydrogen) atoms. The number of thioether (sulfide) groups is 1. The highest BCUT2D eigenvalue weighted by Gasteiger charge is 2.11. The fraction of sp³-hybridized carbons (Fsp3) is 0.250. The number of hydrogen-bond acceptors (Lipinski definition) is 6. The molecule has 0 saturated heterocycles. The molecule has 0 aliphatic rings. The second-order valence-electron chi connectivity index (χ2n) is 5.90. The fourth-order valence-corrected chi connectivity index (χ4v) is 4.14. The van der Waals surface area contributed by atoms with Crippen LogP contribution in [-0.2, 0) is 24.2 Å². The number of carbonyl (C=O) groups excluding carboxylic acids is 2. The predicted octanol–water partition coefficient (Wildman–Crippen LogP) is 4.13. The van der Waals surface area contributed by atoms with Crippen molar-refractivity contribution < 1.29 is 14.0 Å². The van der Waals surface area contributed by atoms with E-state index in [9.17, 15) is 9.59 Å². The number of nitrogens with one attached hydrogen (secondary N) is 1. The Labute approximate surface area is 166 Å². The molecule has 0 radical (unpaired) electrons. The maximum atomic E-state index is 12.3. The number of Topliss-reactive ketones (excluding diaryl/α,β-unsaturated/α-hetero) is 1. The minimum Gasteiger partial charge on any atom is -0.467 e. The van der Waals surface area contributed by atoms with Crippen LogP contribution in [0, 0.1) is 0 Å². The van der Waals surface area contributed by atoms with Gasteiger partial charge in [0.05, 0.1) is 30.7 Å². The maximum absolute atomic E-state index is 12.3. The number of amides is 1. The first-order chi connectivity index (χ1) is 13.1. The first-order valence-corrected chi connectivity index (χ1v) is 10.5. The molecule has 0 atom stereocenters. The molecule has 0 spiro atoms. The quantitative estimate of drug-likeness (QED) is 0.432. The number of nitrogens with zero attached hydrogens (tertiary/aromatic N) is 1. The number of aromatic nitrogens is 1. The first kappa shape index (κ1) is 19.4. The molecule has 0 bridgehead atoms. The Morgan fingerprint density at radius 2 is 2.04 bits per heavy atom. The van der Waals surface area contributed by atoms with Gasteiger partial charge in [-0.2, -0.15) is 0 Å². The second kappa shape index (κ2) is 9.53. The molecule has 2 aromatic heterocycles. The molecule has 1 amide bonds.